The number of aromatic nitrogens is 1. The van der Waals surface area contributed by atoms with E-state index >= 15 is 0 Å². The van der Waals surface area contributed by atoms with Crippen LogP contribution in [0.4, 0.5) is 13.2 Å². The molecule has 0 saturated heterocycles. The van der Waals surface area contributed by atoms with Crippen molar-refractivity contribution in [2.24, 2.45) is 0 Å². The number of aryl methyl sites for hydroxylation is 1. The van der Waals surface area contributed by atoms with E-state index in [-0.39, 0.29) is 0 Å². The van der Waals surface area contributed by atoms with Gasteiger partial charge in [-0.3, -0.25) is 0 Å². The van der Waals surface area contributed by atoms with E-state index in [1.54, 1.807) is 6.07 Å². The number of hydrogen-bond donors (Lipinski definition) is 0. The molecule has 0 aliphatic heterocycles. The molecule has 0 radical (unpaired) electrons. The molecule has 1 nitrogen and oxygen atoms in total. The quantitative estimate of drug-likeness (QED) is 0.790. The first kappa shape index (κ1) is 12.1. The SMILES string of the molecule is Cc1nc(Cc2cccc(C(F)(F)F)c2)cs1. The molecular formula is C12H10F3NS. The van der Waals surface area contributed by atoms with E-state index in [1.807, 2.05) is 12.3 Å². The van der Waals surface area contributed by atoms with Gasteiger partial charge in [0.2, 0.25) is 0 Å². The third-order valence-corrected chi connectivity index (χ3v) is 3.13. The molecule has 0 unspecified atom stereocenters. The first-order valence-electron chi connectivity index (χ1n) is 5.02. The van der Waals surface area contributed by atoms with Crippen LogP contribution in [0, 0.1) is 6.92 Å². The molecule has 2 rings (SSSR count). The van der Waals surface area contributed by atoms with Crippen LogP contribution in [0.15, 0.2) is 29.6 Å². The normalized spacial score (nSPS) is 11.8. The zero-order valence-corrected chi connectivity index (χ0v) is 9.90. The van der Waals surface area contributed by atoms with Gasteiger partial charge in [-0.25, -0.2) is 4.98 Å². The smallest absolute Gasteiger partial charge is 0.246 e. The second-order valence-corrected chi connectivity index (χ2v) is 4.80. The second-order valence-electron chi connectivity index (χ2n) is 3.73. The Hall–Kier alpha value is -1.36. The molecule has 90 valence electrons. The molecule has 2 aromatic rings. The first-order valence-corrected chi connectivity index (χ1v) is 5.90. The van der Waals surface area contributed by atoms with Gasteiger partial charge in [-0.15, -0.1) is 11.3 Å². The summed E-state index contributed by atoms with van der Waals surface area (Å²) in [6, 6.07) is 5.37. The van der Waals surface area contributed by atoms with Gasteiger partial charge < -0.3 is 0 Å². The highest BCUT2D eigenvalue weighted by molar-refractivity contribution is 7.09. The second kappa shape index (κ2) is 4.49. The van der Waals surface area contributed by atoms with Gasteiger partial charge in [0.25, 0.3) is 0 Å². The van der Waals surface area contributed by atoms with E-state index in [4.69, 9.17) is 0 Å². The highest BCUT2D eigenvalue weighted by Gasteiger charge is 2.30. The van der Waals surface area contributed by atoms with E-state index in [0.717, 1.165) is 16.8 Å². The van der Waals surface area contributed by atoms with Gasteiger partial charge in [0.15, 0.2) is 0 Å². The van der Waals surface area contributed by atoms with E-state index in [9.17, 15) is 13.2 Å². The topological polar surface area (TPSA) is 12.9 Å². The summed E-state index contributed by atoms with van der Waals surface area (Å²) in [5, 5.41) is 2.79. The number of nitrogens with zero attached hydrogens (tertiary/aromatic N) is 1. The lowest BCUT2D eigenvalue weighted by molar-refractivity contribution is -0.137. The van der Waals surface area contributed by atoms with Crippen LogP contribution in [0.2, 0.25) is 0 Å². The number of rotatable bonds is 2. The third-order valence-electron chi connectivity index (χ3n) is 2.31. The maximum atomic E-state index is 12.5. The Bertz CT molecular complexity index is 516. The van der Waals surface area contributed by atoms with Gasteiger partial charge in [0.05, 0.1) is 16.3 Å². The molecule has 0 aliphatic carbocycles. The van der Waals surface area contributed by atoms with Crippen LogP contribution < -0.4 is 0 Å². The van der Waals surface area contributed by atoms with Crippen molar-refractivity contribution < 1.29 is 13.2 Å². The summed E-state index contributed by atoms with van der Waals surface area (Å²) in [6.07, 6.45) is -3.84. The minimum absolute atomic E-state index is 0.439. The Morgan fingerprint density at radius 2 is 2.06 bits per heavy atom. The fourth-order valence-corrected chi connectivity index (χ4v) is 2.17. The molecule has 0 amide bonds. The first-order chi connectivity index (χ1) is 7.95. The van der Waals surface area contributed by atoms with Crippen LogP contribution in [-0.4, -0.2) is 4.98 Å². The molecule has 17 heavy (non-hydrogen) atoms. The number of hydrogen-bond acceptors (Lipinski definition) is 2. The fourth-order valence-electron chi connectivity index (χ4n) is 1.56. The summed E-state index contributed by atoms with van der Waals surface area (Å²) < 4.78 is 37.5. The third kappa shape index (κ3) is 3.06. The van der Waals surface area contributed by atoms with Gasteiger partial charge in [-0.1, -0.05) is 18.2 Å². The molecule has 1 heterocycles. The molecule has 1 aromatic heterocycles. The number of thiazole rings is 1. The largest absolute Gasteiger partial charge is 0.416 e. The van der Waals surface area contributed by atoms with Gasteiger partial charge >= 0.3 is 6.18 Å². The van der Waals surface area contributed by atoms with Crippen molar-refractivity contribution in [3.05, 3.63) is 51.5 Å². The summed E-state index contributed by atoms with van der Waals surface area (Å²) in [7, 11) is 0. The fraction of sp³-hybridized carbons (Fsp3) is 0.250. The van der Waals surface area contributed by atoms with Crippen molar-refractivity contribution in [1.82, 2.24) is 4.98 Å². The molecular weight excluding hydrogens is 247 g/mol. The average molecular weight is 257 g/mol. The Morgan fingerprint density at radius 3 is 2.65 bits per heavy atom. The monoisotopic (exact) mass is 257 g/mol. The van der Waals surface area contributed by atoms with E-state index in [1.165, 1.54) is 23.5 Å². The highest BCUT2D eigenvalue weighted by atomic mass is 32.1. The lowest BCUT2D eigenvalue weighted by atomic mass is 10.1. The zero-order chi connectivity index (χ0) is 12.5. The summed E-state index contributed by atoms with van der Waals surface area (Å²) >= 11 is 1.50. The Labute approximate surface area is 101 Å². The lowest BCUT2D eigenvalue weighted by Crippen LogP contribution is -2.05. The molecule has 1 aromatic carbocycles. The number of halogens is 3. The number of alkyl halides is 3. The standard InChI is InChI=1S/C12H10F3NS/c1-8-16-11(7-17-8)6-9-3-2-4-10(5-9)12(13,14)15/h2-5,7H,6H2,1H3. The van der Waals surface area contributed by atoms with Gasteiger partial charge in [-0.05, 0) is 18.6 Å². The summed E-state index contributed by atoms with van der Waals surface area (Å²) in [4.78, 5) is 4.24. The Balaban J connectivity index is 2.22. The molecule has 0 spiro atoms. The van der Waals surface area contributed by atoms with Crippen LogP contribution in [0.5, 0.6) is 0 Å². The van der Waals surface area contributed by atoms with Crippen molar-refractivity contribution in [1.29, 1.82) is 0 Å². The molecule has 0 fully saturated rings. The Morgan fingerprint density at radius 1 is 1.29 bits per heavy atom. The van der Waals surface area contributed by atoms with E-state index < -0.39 is 11.7 Å². The van der Waals surface area contributed by atoms with Crippen LogP contribution in [-0.2, 0) is 12.6 Å². The van der Waals surface area contributed by atoms with Crippen LogP contribution in [0.25, 0.3) is 0 Å². The van der Waals surface area contributed by atoms with Crippen molar-refractivity contribution in [3.8, 4) is 0 Å². The molecule has 0 aliphatic rings. The maximum absolute atomic E-state index is 12.5. The van der Waals surface area contributed by atoms with Gasteiger partial charge in [0.1, 0.15) is 0 Å². The van der Waals surface area contributed by atoms with Gasteiger partial charge in [-0.2, -0.15) is 13.2 Å². The lowest BCUT2D eigenvalue weighted by Gasteiger charge is -2.07. The summed E-state index contributed by atoms with van der Waals surface area (Å²) in [6.45, 7) is 1.88. The zero-order valence-electron chi connectivity index (χ0n) is 9.08. The predicted molar refractivity (Wildman–Crippen MR) is 61.1 cm³/mol. The summed E-state index contributed by atoms with van der Waals surface area (Å²) in [5.74, 6) is 0. The minimum Gasteiger partial charge on any atom is -0.246 e. The van der Waals surface area contributed by atoms with Crippen LogP contribution in [0.3, 0.4) is 0 Å². The van der Waals surface area contributed by atoms with Crippen LogP contribution >= 0.6 is 11.3 Å². The maximum Gasteiger partial charge on any atom is 0.416 e. The summed E-state index contributed by atoms with van der Waals surface area (Å²) in [5.41, 5.74) is 0.832. The molecule has 5 heteroatoms. The van der Waals surface area contributed by atoms with E-state index in [2.05, 4.69) is 4.98 Å². The minimum atomic E-state index is -4.28. The van der Waals surface area contributed by atoms with Crippen molar-refractivity contribution in [2.45, 2.75) is 19.5 Å². The van der Waals surface area contributed by atoms with Crippen LogP contribution in [0.1, 0.15) is 21.8 Å². The van der Waals surface area contributed by atoms with E-state index in [0.29, 0.717) is 12.0 Å². The van der Waals surface area contributed by atoms with Crippen molar-refractivity contribution in [3.63, 3.8) is 0 Å². The average Bonchev–Trinajstić information content (AvgIpc) is 2.63. The van der Waals surface area contributed by atoms with Gasteiger partial charge in [0, 0.05) is 11.8 Å². The molecule has 0 N–H and O–H groups in total. The molecule has 0 saturated carbocycles. The predicted octanol–water partition coefficient (Wildman–Crippen LogP) is 4.06. The van der Waals surface area contributed by atoms with Crippen molar-refractivity contribution in [2.75, 3.05) is 0 Å². The Kier molecular flexibility index (Phi) is 3.19. The highest BCUT2D eigenvalue weighted by Crippen LogP contribution is 2.30. The molecule has 0 bridgehead atoms. The van der Waals surface area contributed by atoms with Crippen molar-refractivity contribution >= 4 is 11.3 Å². The number of benzene rings is 1. The molecule has 0 atom stereocenters.